The summed E-state index contributed by atoms with van der Waals surface area (Å²) >= 11 is 1.40. The van der Waals surface area contributed by atoms with Gasteiger partial charge in [-0.05, 0) is 30.7 Å². The highest BCUT2D eigenvalue weighted by molar-refractivity contribution is 7.99. The van der Waals surface area contributed by atoms with Crippen LogP contribution in [0.15, 0.2) is 35.5 Å². The summed E-state index contributed by atoms with van der Waals surface area (Å²) in [4.78, 5) is 12.5. The number of thioether (sulfide) groups is 1. The molecule has 2 aromatic rings. The zero-order chi connectivity index (χ0) is 17.8. The molecule has 25 heavy (non-hydrogen) atoms. The van der Waals surface area contributed by atoms with Gasteiger partial charge in [0, 0.05) is 6.04 Å². The molecule has 1 amide bonds. The van der Waals surface area contributed by atoms with Crippen LogP contribution >= 0.6 is 11.8 Å². The molecule has 0 bridgehead atoms. The van der Waals surface area contributed by atoms with E-state index >= 15 is 0 Å². The minimum atomic E-state index is 0.00317. The highest BCUT2D eigenvalue weighted by Gasteiger charge is 2.29. The molecule has 1 aliphatic rings. The lowest BCUT2D eigenvalue weighted by molar-refractivity contribution is -0.119. The summed E-state index contributed by atoms with van der Waals surface area (Å²) in [5.41, 5.74) is 7.01. The Morgan fingerprint density at radius 3 is 2.68 bits per heavy atom. The van der Waals surface area contributed by atoms with Gasteiger partial charge in [0.25, 0.3) is 0 Å². The van der Waals surface area contributed by atoms with Crippen LogP contribution in [0.5, 0.6) is 0 Å². The molecule has 0 aliphatic heterocycles. The minimum absolute atomic E-state index is 0.00317. The number of nitrogens with one attached hydrogen (secondary N) is 1. The average Bonchev–Trinajstić information content (AvgIpc) is 3.35. The fourth-order valence-corrected chi connectivity index (χ4v) is 3.69. The first kappa shape index (κ1) is 17.8. The third-order valence-electron chi connectivity index (χ3n) is 4.18. The molecule has 1 heterocycles. The number of carbonyl (C=O) groups is 1. The second-order valence-corrected chi connectivity index (χ2v) is 7.83. The zero-order valence-electron chi connectivity index (χ0n) is 14.7. The zero-order valence-corrected chi connectivity index (χ0v) is 15.5. The SMILES string of the molecule is CC(C)CC(NC(=O)CSc1nnc(N)n1C1CC1)c1ccccc1. The van der Waals surface area contributed by atoms with E-state index in [1.807, 2.05) is 22.8 Å². The van der Waals surface area contributed by atoms with Crippen LogP contribution in [0.1, 0.15) is 50.8 Å². The normalized spacial score (nSPS) is 15.3. The van der Waals surface area contributed by atoms with Gasteiger partial charge in [-0.25, -0.2) is 0 Å². The number of carbonyl (C=O) groups excluding carboxylic acids is 1. The van der Waals surface area contributed by atoms with Crippen LogP contribution in [0.2, 0.25) is 0 Å². The van der Waals surface area contributed by atoms with Crippen molar-refractivity contribution in [1.29, 1.82) is 0 Å². The number of nitrogen functional groups attached to an aromatic ring is 1. The predicted octanol–water partition coefficient (Wildman–Crippen LogP) is 3.19. The summed E-state index contributed by atoms with van der Waals surface area (Å²) < 4.78 is 1.95. The van der Waals surface area contributed by atoms with E-state index in [9.17, 15) is 4.79 Å². The standard InChI is InChI=1S/C18H25N5OS/c1-12(2)10-15(13-6-4-3-5-7-13)20-16(24)11-25-18-22-21-17(19)23(18)14-8-9-14/h3-7,12,14-15H,8-11H2,1-2H3,(H2,19,21)(H,20,24). The first-order valence-electron chi connectivity index (χ1n) is 8.72. The van der Waals surface area contributed by atoms with Gasteiger partial charge in [0.15, 0.2) is 5.16 Å². The van der Waals surface area contributed by atoms with Crippen molar-refractivity contribution < 1.29 is 4.79 Å². The molecule has 134 valence electrons. The van der Waals surface area contributed by atoms with Gasteiger partial charge in [-0.1, -0.05) is 55.9 Å². The molecule has 1 aliphatic carbocycles. The predicted molar refractivity (Wildman–Crippen MR) is 100 cm³/mol. The maximum Gasteiger partial charge on any atom is 0.230 e. The number of rotatable bonds is 8. The largest absolute Gasteiger partial charge is 0.368 e. The number of nitrogens with zero attached hydrogens (tertiary/aromatic N) is 3. The summed E-state index contributed by atoms with van der Waals surface area (Å²) in [6.45, 7) is 4.33. The van der Waals surface area contributed by atoms with Gasteiger partial charge in [-0.15, -0.1) is 10.2 Å². The number of hydrogen-bond donors (Lipinski definition) is 2. The Hall–Kier alpha value is -2.02. The number of aromatic nitrogens is 3. The molecule has 1 saturated carbocycles. The Morgan fingerprint density at radius 1 is 1.32 bits per heavy atom. The van der Waals surface area contributed by atoms with E-state index in [1.165, 1.54) is 11.8 Å². The van der Waals surface area contributed by atoms with Crippen molar-refractivity contribution in [2.24, 2.45) is 5.92 Å². The van der Waals surface area contributed by atoms with Crippen LogP contribution in [0.25, 0.3) is 0 Å². The van der Waals surface area contributed by atoms with Gasteiger partial charge >= 0.3 is 0 Å². The summed E-state index contributed by atoms with van der Waals surface area (Å²) in [5, 5.41) is 11.9. The topological polar surface area (TPSA) is 85.8 Å². The van der Waals surface area contributed by atoms with Crippen molar-refractivity contribution in [3.05, 3.63) is 35.9 Å². The Morgan fingerprint density at radius 2 is 2.04 bits per heavy atom. The molecule has 1 atom stereocenters. The molecule has 0 spiro atoms. The van der Waals surface area contributed by atoms with E-state index in [0.717, 1.165) is 30.0 Å². The van der Waals surface area contributed by atoms with E-state index in [-0.39, 0.29) is 11.9 Å². The van der Waals surface area contributed by atoms with Crippen molar-refractivity contribution in [1.82, 2.24) is 20.1 Å². The van der Waals surface area contributed by atoms with E-state index in [1.54, 1.807) is 0 Å². The van der Waals surface area contributed by atoms with E-state index < -0.39 is 0 Å². The summed E-state index contributed by atoms with van der Waals surface area (Å²) in [5.74, 6) is 1.25. The average molecular weight is 359 g/mol. The fraction of sp³-hybridized carbons (Fsp3) is 0.500. The molecule has 0 saturated heterocycles. The van der Waals surface area contributed by atoms with Crippen molar-refractivity contribution in [2.45, 2.75) is 50.4 Å². The molecule has 0 radical (unpaired) electrons. The number of anilines is 1. The number of benzene rings is 1. The van der Waals surface area contributed by atoms with Crippen LogP contribution in [0, 0.1) is 5.92 Å². The van der Waals surface area contributed by atoms with Crippen LogP contribution in [0.4, 0.5) is 5.95 Å². The quantitative estimate of drug-likeness (QED) is 0.707. The third kappa shape index (κ3) is 4.75. The monoisotopic (exact) mass is 359 g/mol. The second kappa shape index (κ2) is 7.91. The van der Waals surface area contributed by atoms with Crippen LogP contribution < -0.4 is 11.1 Å². The van der Waals surface area contributed by atoms with Crippen molar-refractivity contribution in [2.75, 3.05) is 11.5 Å². The smallest absolute Gasteiger partial charge is 0.230 e. The van der Waals surface area contributed by atoms with E-state index in [4.69, 9.17) is 5.73 Å². The molecule has 3 N–H and O–H groups in total. The van der Waals surface area contributed by atoms with Gasteiger partial charge in [-0.2, -0.15) is 0 Å². The molecule has 1 unspecified atom stereocenters. The molecule has 1 aromatic heterocycles. The maximum absolute atomic E-state index is 12.5. The minimum Gasteiger partial charge on any atom is -0.368 e. The van der Waals surface area contributed by atoms with Gasteiger partial charge in [-0.3, -0.25) is 9.36 Å². The molecule has 6 nitrogen and oxygen atoms in total. The highest BCUT2D eigenvalue weighted by Crippen LogP contribution is 2.39. The lowest BCUT2D eigenvalue weighted by Gasteiger charge is -2.21. The molecular formula is C18H25N5OS. The number of hydrogen-bond acceptors (Lipinski definition) is 5. The lowest BCUT2D eigenvalue weighted by Crippen LogP contribution is -2.31. The lowest BCUT2D eigenvalue weighted by atomic mass is 9.97. The summed E-state index contributed by atoms with van der Waals surface area (Å²) in [6.07, 6.45) is 3.12. The number of nitrogens with two attached hydrogens (primary N) is 1. The molecule has 3 rings (SSSR count). The van der Waals surface area contributed by atoms with Gasteiger partial charge in [0.1, 0.15) is 0 Å². The molecule has 1 aromatic carbocycles. The molecular weight excluding hydrogens is 334 g/mol. The Bertz CT molecular complexity index is 712. The van der Waals surface area contributed by atoms with Crippen LogP contribution in [-0.4, -0.2) is 26.4 Å². The number of amides is 1. The summed E-state index contributed by atoms with van der Waals surface area (Å²) in [6, 6.07) is 10.5. The first-order chi connectivity index (χ1) is 12.0. The van der Waals surface area contributed by atoms with Crippen molar-refractivity contribution in [3.63, 3.8) is 0 Å². The third-order valence-corrected chi connectivity index (χ3v) is 5.12. The van der Waals surface area contributed by atoms with Crippen LogP contribution in [0.3, 0.4) is 0 Å². The highest BCUT2D eigenvalue weighted by atomic mass is 32.2. The Labute approximate surface area is 152 Å². The summed E-state index contributed by atoms with van der Waals surface area (Å²) in [7, 11) is 0. The first-order valence-corrected chi connectivity index (χ1v) is 9.70. The molecule has 7 heteroatoms. The van der Waals surface area contributed by atoms with Gasteiger partial charge in [0.05, 0.1) is 11.8 Å². The van der Waals surface area contributed by atoms with E-state index in [0.29, 0.717) is 23.7 Å². The van der Waals surface area contributed by atoms with E-state index in [2.05, 4.69) is 41.5 Å². The maximum atomic E-state index is 12.5. The van der Waals surface area contributed by atoms with Crippen molar-refractivity contribution >= 4 is 23.6 Å². The van der Waals surface area contributed by atoms with Crippen LogP contribution in [-0.2, 0) is 4.79 Å². The second-order valence-electron chi connectivity index (χ2n) is 6.89. The Balaban J connectivity index is 1.60. The van der Waals surface area contributed by atoms with Crippen molar-refractivity contribution in [3.8, 4) is 0 Å². The van der Waals surface area contributed by atoms with Gasteiger partial charge < -0.3 is 11.1 Å². The Kier molecular flexibility index (Phi) is 5.63. The fourth-order valence-electron chi connectivity index (χ4n) is 2.86. The molecule has 1 fully saturated rings. The van der Waals surface area contributed by atoms with Gasteiger partial charge in [0.2, 0.25) is 11.9 Å².